The van der Waals surface area contributed by atoms with Crippen LogP contribution in [0.25, 0.3) is 10.8 Å². The molecule has 0 bridgehead atoms. The number of nitrogens with one attached hydrogen (secondary N) is 1. The van der Waals surface area contributed by atoms with Crippen LogP contribution in [0.15, 0.2) is 42.5 Å². The molecule has 2 aromatic carbocycles. The smallest absolute Gasteiger partial charge is 0.258 e. The van der Waals surface area contributed by atoms with E-state index in [1.165, 1.54) is 0 Å². The zero-order valence-corrected chi connectivity index (χ0v) is 15.0. The SMILES string of the molecule is CC(C)(CNC(=O)COc1ccc2ccccc2c1)N1CCOCC1. The van der Waals surface area contributed by atoms with Gasteiger partial charge in [0.15, 0.2) is 6.61 Å². The monoisotopic (exact) mass is 342 g/mol. The zero-order valence-electron chi connectivity index (χ0n) is 15.0. The molecule has 0 unspecified atom stereocenters. The maximum absolute atomic E-state index is 12.1. The summed E-state index contributed by atoms with van der Waals surface area (Å²) in [6.45, 7) is 8.20. The molecule has 25 heavy (non-hydrogen) atoms. The highest BCUT2D eigenvalue weighted by atomic mass is 16.5. The summed E-state index contributed by atoms with van der Waals surface area (Å²) < 4.78 is 11.0. The molecule has 1 fully saturated rings. The highest BCUT2D eigenvalue weighted by Crippen LogP contribution is 2.20. The fourth-order valence-corrected chi connectivity index (χ4v) is 3.05. The van der Waals surface area contributed by atoms with Crippen molar-refractivity contribution in [2.45, 2.75) is 19.4 Å². The molecule has 1 aliphatic rings. The largest absolute Gasteiger partial charge is 0.484 e. The summed E-state index contributed by atoms with van der Waals surface area (Å²) >= 11 is 0. The van der Waals surface area contributed by atoms with Crippen molar-refractivity contribution in [1.29, 1.82) is 0 Å². The third kappa shape index (κ3) is 4.71. The summed E-state index contributed by atoms with van der Waals surface area (Å²) in [6.07, 6.45) is 0. The van der Waals surface area contributed by atoms with E-state index in [9.17, 15) is 4.79 Å². The molecule has 1 aliphatic heterocycles. The van der Waals surface area contributed by atoms with Crippen LogP contribution in [0.3, 0.4) is 0 Å². The Bertz CT molecular complexity index is 724. The predicted molar refractivity (Wildman–Crippen MR) is 98.9 cm³/mol. The van der Waals surface area contributed by atoms with Gasteiger partial charge in [-0.1, -0.05) is 30.3 Å². The number of morpholine rings is 1. The lowest BCUT2D eigenvalue weighted by atomic mass is 10.0. The van der Waals surface area contributed by atoms with E-state index in [-0.39, 0.29) is 18.1 Å². The van der Waals surface area contributed by atoms with Gasteiger partial charge in [0, 0.05) is 25.2 Å². The lowest BCUT2D eigenvalue weighted by Gasteiger charge is -2.40. The molecule has 5 heteroatoms. The van der Waals surface area contributed by atoms with Gasteiger partial charge in [0.25, 0.3) is 5.91 Å². The number of hydrogen-bond acceptors (Lipinski definition) is 4. The molecule has 0 aromatic heterocycles. The summed E-state index contributed by atoms with van der Waals surface area (Å²) in [5.41, 5.74) is -0.0949. The van der Waals surface area contributed by atoms with E-state index in [0.29, 0.717) is 12.3 Å². The summed E-state index contributed by atoms with van der Waals surface area (Å²) in [4.78, 5) is 14.5. The van der Waals surface area contributed by atoms with Crippen LogP contribution in [-0.4, -0.2) is 55.8 Å². The number of ether oxygens (including phenoxy) is 2. The molecule has 1 amide bonds. The van der Waals surface area contributed by atoms with Crippen LogP contribution in [0.5, 0.6) is 5.75 Å². The first-order valence-corrected chi connectivity index (χ1v) is 8.76. The molecular weight excluding hydrogens is 316 g/mol. The molecule has 134 valence electrons. The number of amides is 1. The Kier molecular flexibility index (Phi) is 5.56. The van der Waals surface area contributed by atoms with Crippen molar-refractivity contribution in [3.63, 3.8) is 0 Å². The van der Waals surface area contributed by atoms with Crippen molar-refractivity contribution in [2.75, 3.05) is 39.5 Å². The van der Waals surface area contributed by atoms with Crippen molar-refractivity contribution in [3.05, 3.63) is 42.5 Å². The van der Waals surface area contributed by atoms with E-state index in [1.54, 1.807) is 0 Å². The highest BCUT2D eigenvalue weighted by molar-refractivity contribution is 5.84. The van der Waals surface area contributed by atoms with Gasteiger partial charge in [-0.15, -0.1) is 0 Å². The number of rotatable bonds is 6. The molecule has 2 aromatic rings. The molecule has 5 nitrogen and oxygen atoms in total. The lowest BCUT2D eigenvalue weighted by Crippen LogP contribution is -2.55. The van der Waals surface area contributed by atoms with Gasteiger partial charge in [0.1, 0.15) is 5.75 Å². The van der Waals surface area contributed by atoms with Gasteiger partial charge >= 0.3 is 0 Å². The van der Waals surface area contributed by atoms with Crippen molar-refractivity contribution < 1.29 is 14.3 Å². The number of hydrogen-bond donors (Lipinski definition) is 1. The van der Waals surface area contributed by atoms with Crippen LogP contribution in [0.4, 0.5) is 0 Å². The topological polar surface area (TPSA) is 50.8 Å². The number of benzene rings is 2. The molecule has 1 saturated heterocycles. The Balaban J connectivity index is 1.48. The Labute approximate surface area is 148 Å². The average Bonchev–Trinajstić information content (AvgIpc) is 2.65. The van der Waals surface area contributed by atoms with Crippen molar-refractivity contribution in [2.24, 2.45) is 0 Å². The Morgan fingerprint density at radius 3 is 2.64 bits per heavy atom. The van der Waals surface area contributed by atoms with Crippen LogP contribution in [0.2, 0.25) is 0 Å². The molecule has 0 aliphatic carbocycles. The minimum atomic E-state index is -0.102. The first kappa shape index (κ1) is 17.7. The Morgan fingerprint density at radius 1 is 1.16 bits per heavy atom. The van der Waals surface area contributed by atoms with Crippen LogP contribution < -0.4 is 10.1 Å². The highest BCUT2D eigenvalue weighted by Gasteiger charge is 2.28. The van der Waals surface area contributed by atoms with Gasteiger partial charge in [-0.2, -0.15) is 0 Å². The molecule has 0 atom stereocenters. The summed E-state index contributed by atoms with van der Waals surface area (Å²) in [5.74, 6) is 0.607. The molecule has 1 heterocycles. The Hall–Kier alpha value is -2.11. The first-order chi connectivity index (χ1) is 12.0. The Morgan fingerprint density at radius 2 is 1.88 bits per heavy atom. The molecule has 3 rings (SSSR count). The minimum absolute atomic E-state index is 0.0253. The second kappa shape index (κ2) is 7.85. The van der Waals surface area contributed by atoms with Gasteiger partial charge in [-0.3, -0.25) is 9.69 Å². The summed E-state index contributed by atoms with van der Waals surface area (Å²) in [7, 11) is 0. The number of carbonyl (C=O) groups excluding carboxylic acids is 1. The molecule has 0 radical (unpaired) electrons. The molecule has 1 N–H and O–H groups in total. The van der Waals surface area contributed by atoms with Crippen molar-refractivity contribution >= 4 is 16.7 Å². The number of fused-ring (bicyclic) bond motifs is 1. The van der Waals surface area contributed by atoms with E-state index in [1.807, 2.05) is 36.4 Å². The second-order valence-electron chi connectivity index (χ2n) is 6.99. The van der Waals surface area contributed by atoms with E-state index in [0.717, 1.165) is 37.1 Å². The van der Waals surface area contributed by atoms with Crippen LogP contribution >= 0.6 is 0 Å². The van der Waals surface area contributed by atoms with Gasteiger partial charge < -0.3 is 14.8 Å². The second-order valence-corrected chi connectivity index (χ2v) is 6.99. The lowest BCUT2D eigenvalue weighted by molar-refractivity contribution is -0.123. The predicted octanol–water partition coefficient (Wildman–Crippen LogP) is 2.45. The van der Waals surface area contributed by atoms with Crippen LogP contribution in [0.1, 0.15) is 13.8 Å². The quantitative estimate of drug-likeness (QED) is 0.876. The summed E-state index contributed by atoms with van der Waals surface area (Å²) in [5, 5.41) is 5.25. The zero-order chi connectivity index (χ0) is 17.7. The average molecular weight is 342 g/mol. The fraction of sp³-hybridized carbons (Fsp3) is 0.450. The maximum atomic E-state index is 12.1. The van der Waals surface area contributed by atoms with Crippen molar-refractivity contribution in [3.8, 4) is 5.75 Å². The van der Waals surface area contributed by atoms with E-state index >= 15 is 0 Å². The van der Waals surface area contributed by atoms with Gasteiger partial charge in [-0.05, 0) is 36.8 Å². The normalized spacial score (nSPS) is 15.9. The molecule has 0 spiro atoms. The molecular formula is C20H26N2O3. The molecule has 0 saturated carbocycles. The van der Waals surface area contributed by atoms with E-state index in [4.69, 9.17) is 9.47 Å². The van der Waals surface area contributed by atoms with Gasteiger partial charge in [-0.25, -0.2) is 0 Å². The third-order valence-electron chi connectivity index (χ3n) is 4.68. The minimum Gasteiger partial charge on any atom is -0.484 e. The van der Waals surface area contributed by atoms with E-state index in [2.05, 4.69) is 30.1 Å². The first-order valence-electron chi connectivity index (χ1n) is 8.76. The standard InChI is InChI=1S/C20H26N2O3/c1-20(2,22-9-11-24-12-10-22)15-21-19(23)14-25-18-8-7-16-5-3-4-6-17(16)13-18/h3-8,13H,9-12,14-15H2,1-2H3,(H,21,23). The van der Waals surface area contributed by atoms with E-state index < -0.39 is 0 Å². The number of carbonyl (C=O) groups is 1. The van der Waals surface area contributed by atoms with Crippen LogP contribution in [0, 0.1) is 0 Å². The number of nitrogens with zero attached hydrogens (tertiary/aromatic N) is 1. The third-order valence-corrected chi connectivity index (χ3v) is 4.68. The summed E-state index contributed by atoms with van der Waals surface area (Å²) in [6, 6.07) is 13.9. The van der Waals surface area contributed by atoms with Gasteiger partial charge in [0.05, 0.1) is 13.2 Å². The van der Waals surface area contributed by atoms with Crippen molar-refractivity contribution in [1.82, 2.24) is 10.2 Å². The van der Waals surface area contributed by atoms with Gasteiger partial charge in [0.2, 0.25) is 0 Å². The van der Waals surface area contributed by atoms with Crippen LogP contribution in [-0.2, 0) is 9.53 Å². The fourth-order valence-electron chi connectivity index (χ4n) is 3.05. The maximum Gasteiger partial charge on any atom is 0.258 e.